The Bertz CT molecular complexity index is 1260. The van der Waals surface area contributed by atoms with E-state index in [1.165, 1.54) is 30.5 Å². The quantitative estimate of drug-likeness (QED) is 0.286. The maximum atomic E-state index is 13.1. The van der Waals surface area contributed by atoms with Crippen molar-refractivity contribution in [2.24, 2.45) is 5.92 Å². The fourth-order valence-electron chi connectivity index (χ4n) is 3.31. The molecule has 1 heterocycles. The van der Waals surface area contributed by atoms with Crippen molar-refractivity contribution in [1.29, 1.82) is 5.26 Å². The summed E-state index contributed by atoms with van der Waals surface area (Å²) in [4.78, 5) is 29.9. The lowest BCUT2D eigenvalue weighted by molar-refractivity contribution is -0.119. The summed E-state index contributed by atoms with van der Waals surface area (Å²) in [6.07, 6.45) is 1.33. The first-order chi connectivity index (χ1) is 16.7. The molecule has 0 saturated heterocycles. The first kappa shape index (κ1) is 27.1. The highest BCUT2D eigenvalue weighted by Crippen LogP contribution is 2.33. The molecule has 2 N–H and O–H groups in total. The second-order valence-electron chi connectivity index (χ2n) is 7.41. The Kier molecular flexibility index (Phi) is 9.62. The molecule has 3 aromatic rings. The van der Waals surface area contributed by atoms with Crippen LogP contribution in [0.15, 0.2) is 54.7 Å². The number of halogens is 5. The molecule has 11 heteroatoms. The average Bonchev–Trinajstić information content (AvgIpc) is 2.83. The SMILES string of the molecule is N#Cc1ccc(NC(=O)c2cc(NC(=O)C(CCl)C(CCl)c3cc(Cl)cc(Cl)c3)ccc2Cl)nc1. The Balaban J connectivity index is 1.79. The van der Waals surface area contributed by atoms with Crippen LogP contribution in [-0.4, -0.2) is 28.6 Å². The van der Waals surface area contributed by atoms with E-state index in [0.717, 1.165) is 0 Å². The second-order valence-corrected chi connectivity index (χ2v) is 9.30. The Morgan fingerprint density at radius 2 is 1.66 bits per heavy atom. The van der Waals surface area contributed by atoms with Crippen molar-refractivity contribution in [2.75, 3.05) is 22.4 Å². The number of rotatable bonds is 8. The summed E-state index contributed by atoms with van der Waals surface area (Å²) in [6.45, 7) is 0. The Labute approximate surface area is 227 Å². The van der Waals surface area contributed by atoms with Gasteiger partial charge in [-0.05, 0) is 54.1 Å². The topological polar surface area (TPSA) is 94.9 Å². The zero-order chi connectivity index (χ0) is 25.5. The maximum absolute atomic E-state index is 13.1. The highest BCUT2D eigenvalue weighted by atomic mass is 35.5. The lowest BCUT2D eigenvalue weighted by Crippen LogP contribution is -2.30. The fourth-order valence-corrected chi connectivity index (χ4v) is 4.80. The molecule has 0 spiro atoms. The number of nitrogens with zero attached hydrogens (tertiary/aromatic N) is 2. The molecule has 6 nitrogen and oxygen atoms in total. The van der Waals surface area contributed by atoms with Gasteiger partial charge in [-0.2, -0.15) is 5.26 Å². The van der Waals surface area contributed by atoms with Gasteiger partial charge < -0.3 is 10.6 Å². The molecule has 0 aliphatic carbocycles. The first-order valence-electron chi connectivity index (χ1n) is 10.1. The number of pyridine rings is 1. The monoisotopic (exact) mass is 568 g/mol. The van der Waals surface area contributed by atoms with Crippen LogP contribution >= 0.6 is 58.0 Å². The summed E-state index contributed by atoms with van der Waals surface area (Å²) in [5, 5.41) is 15.3. The maximum Gasteiger partial charge on any atom is 0.258 e. The molecule has 2 aromatic carbocycles. The highest BCUT2D eigenvalue weighted by molar-refractivity contribution is 6.35. The van der Waals surface area contributed by atoms with Crippen LogP contribution in [0.3, 0.4) is 0 Å². The Hall–Kier alpha value is -2.53. The summed E-state index contributed by atoms with van der Waals surface area (Å²) in [7, 11) is 0. The molecule has 0 fully saturated rings. The summed E-state index contributed by atoms with van der Waals surface area (Å²) in [5.74, 6) is -1.77. The molecule has 0 aliphatic heterocycles. The van der Waals surface area contributed by atoms with Gasteiger partial charge >= 0.3 is 0 Å². The van der Waals surface area contributed by atoms with E-state index in [4.69, 9.17) is 63.3 Å². The summed E-state index contributed by atoms with van der Waals surface area (Å²) < 4.78 is 0. The summed E-state index contributed by atoms with van der Waals surface area (Å²) in [5.41, 5.74) is 1.50. The van der Waals surface area contributed by atoms with Gasteiger partial charge in [0.2, 0.25) is 5.91 Å². The Morgan fingerprint density at radius 1 is 0.943 bits per heavy atom. The molecule has 0 radical (unpaired) electrons. The van der Waals surface area contributed by atoms with Crippen molar-refractivity contribution in [1.82, 2.24) is 4.98 Å². The average molecular weight is 571 g/mol. The number of carbonyl (C=O) groups is 2. The second kappa shape index (κ2) is 12.4. The first-order valence-corrected chi connectivity index (χ1v) is 12.3. The van der Waals surface area contributed by atoms with Crippen LogP contribution in [0.25, 0.3) is 0 Å². The smallest absolute Gasteiger partial charge is 0.258 e. The van der Waals surface area contributed by atoms with Crippen LogP contribution in [0.1, 0.15) is 27.4 Å². The van der Waals surface area contributed by atoms with Crippen molar-refractivity contribution in [3.8, 4) is 6.07 Å². The third kappa shape index (κ3) is 7.00. The molecule has 35 heavy (non-hydrogen) atoms. The molecule has 180 valence electrons. The largest absolute Gasteiger partial charge is 0.326 e. The number of anilines is 2. The van der Waals surface area contributed by atoms with Gasteiger partial charge in [0.15, 0.2) is 0 Å². The van der Waals surface area contributed by atoms with Crippen LogP contribution in [0, 0.1) is 17.2 Å². The van der Waals surface area contributed by atoms with Gasteiger partial charge in [-0.1, -0.05) is 34.8 Å². The van der Waals surface area contributed by atoms with E-state index in [9.17, 15) is 9.59 Å². The summed E-state index contributed by atoms with van der Waals surface area (Å²) in [6, 6.07) is 14.4. The van der Waals surface area contributed by atoms with E-state index in [2.05, 4.69) is 15.6 Å². The fraction of sp³-hybridized carbons (Fsp3) is 0.167. The number of hydrogen-bond donors (Lipinski definition) is 2. The number of hydrogen-bond acceptors (Lipinski definition) is 4. The normalized spacial score (nSPS) is 12.3. The van der Waals surface area contributed by atoms with E-state index < -0.39 is 23.7 Å². The van der Waals surface area contributed by atoms with E-state index in [-0.39, 0.29) is 28.2 Å². The number of benzene rings is 2. The van der Waals surface area contributed by atoms with Crippen molar-refractivity contribution in [2.45, 2.75) is 5.92 Å². The molecule has 0 saturated carbocycles. The lowest BCUT2D eigenvalue weighted by Gasteiger charge is -2.24. The third-order valence-corrected chi connectivity index (χ3v) is 6.51. The van der Waals surface area contributed by atoms with Gasteiger partial charge in [-0.25, -0.2) is 4.98 Å². The van der Waals surface area contributed by atoms with Crippen LogP contribution < -0.4 is 10.6 Å². The number of carbonyl (C=O) groups excluding carboxylic acids is 2. The number of amides is 2. The minimum atomic E-state index is -0.709. The number of alkyl halides is 2. The molecule has 3 rings (SSSR count). The predicted molar refractivity (Wildman–Crippen MR) is 141 cm³/mol. The molecular weight excluding hydrogens is 554 g/mol. The minimum absolute atomic E-state index is 0.0152. The standard InChI is InChI=1S/C24H17Cl5N4O2/c25-9-19(14-5-15(27)7-16(28)6-14)20(10-26)24(35)32-17-2-3-21(29)18(8-17)23(34)33-22-4-1-13(11-30)12-31-22/h1-8,12,19-20H,9-10H2,(H,32,35)(H,31,33,34). The van der Waals surface area contributed by atoms with E-state index in [1.807, 2.05) is 6.07 Å². The van der Waals surface area contributed by atoms with Gasteiger partial charge in [-0.15, -0.1) is 23.2 Å². The van der Waals surface area contributed by atoms with E-state index in [1.54, 1.807) is 24.3 Å². The molecule has 2 amide bonds. The van der Waals surface area contributed by atoms with Crippen molar-refractivity contribution < 1.29 is 9.59 Å². The van der Waals surface area contributed by atoms with E-state index in [0.29, 0.717) is 26.9 Å². The minimum Gasteiger partial charge on any atom is -0.326 e. The molecule has 1 aromatic heterocycles. The van der Waals surface area contributed by atoms with Gasteiger partial charge in [-0.3, -0.25) is 9.59 Å². The summed E-state index contributed by atoms with van der Waals surface area (Å²) >= 11 is 30.8. The van der Waals surface area contributed by atoms with Gasteiger partial charge in [0, 0.05) is 39.6 Å². The molecule has 2 atom stereocenters. The van der Waals surface area contributed by atoms with Crippen LogP contribution in [0.2, 0.25) is 15.1 Å². The van der Waals surface area contributed by atoms with E-state index >= 15 is 0 Å². The zero-order valence-electron chi connectivity index (χ0n) is 17.9. The molecule has 0 aliphatic rings. The lowest BCUT2D eigenvalue weighted by atomic mass is 9.88. The number of nitriles is 1. The zero-order valence-corrected chi connectivity index (χ0v) is 21.6. The van der Waals surface area contributed by atoms with Crippen molar-refractivity contribution in [3.05, 3.63) is 86.5 Å². The van der Waals surface area contributed by atoms with Crippen molar-refractivity contribution >= 4 is 81.3 Å². The van der Waals surface area contributed by atoms with Crippen molar-refractivity contribution in [3.63, 3.8) is 0 Å². The van der Waals surface area contributed by atoms with Gasteiger partial charge in [0.1, 0.15) is 11.9 Å². The number of aromatic nitrogens is 1. The Morgan fingerprint density at radius 3 is 2.23 bits per heavy atom. The van der Waals surface area contributed by atoms with Gasteiger partial charge in [0.25, 0.3) is 5.91 Å². The molecule has 2 unspecified atom stereocenters. The van der Waals surface area contributed by atoms with Crippen LogP contribution in [0.5, 0.6) is 0 Å². The van der Waals surface area contributed by atoms with Crippen LogP contribution in [0.4, 0.5) is 11.5 Å². The highest BCUT2D eigenvalue weighted by Gasteiger charge is 2.29. The molecular formula is C24H17Cl5N4O2. The van der Waals surface area contributed by atoms with Crippen LogP contribution in [-0.2, 0) is 4.79 Å². The van der Waals surface area contributed by atoms with Gasteiger partial charge in [0.05, 0.1) is 22.1 Å². The number of nitrogens with one attached hydrogen (secondary N) is 2. The third-order valence-electron chi connectivity index (χ3n) is 5.08. The predicted octanol–water partition coefficient (Wildman–Crippen LogP) is 6.98. The molecule has 0 bridgehead atoms.